The topological polar surface area (TPSA) is 95.2 Å². The van der Waals surface area contributed by atoms with Crippen molar-refractivity contribution in [2.45, 2.75) is 20.8 Å². The lowest BCUT2D eigenvalue weighted by Gasteiger charge is -2.40. The lowest BCUT2D eigenvalue weighted by atomic mass is 9.57. The van der Waals surface area contributed by atoms with Crippen LogP contribution >= 0.6 is 0 Å². The molecule has 0 aromatic rings. The molecule has 1 aliphatic carbocycles. The van der Waals surface area contributed by atoms with Crippen LogP contribution in [0.3, 0.4) is 0 Å². The summed E-state index contributed by atoms with van der Waals surface area (Å²) in [5.41, 5.74) is -1.65. The van der Waals surface area contributed by atoms with Crippen LogP contribution in [0.4, 0.5) is 0 Å². The Hall–Kier alpha value is -2.12. The van der Waals surface area contributed by atoms with Crippen molar-refractivity contribution in [1.29, 1.82) is 21.2 Å². The zero-order valence-corrected chi connectivity index (χ0v) is 9.50. The van der Waals surface area contributed by atoms with Crippen LogP contribution in [0.25, 0.3) is 0 Å². The van der Waals surface area contributed by atoms with Gasteiger partial charge in [0, 0.05) is 5.41 Å². The predicted octanol–water partition coefficient (Wildman–Crippen LogP) is 2.17. The van der Waals surface area contributed by atoms with Gasteiger partial charge in [-0.1, -0.05) is 25.5 Å². The molecular formula is C12H12N4. The maximum Gasteiger partial charge on any atom is 0.190 e. The third kappa shape index (κ3) is 1.23. The van der Waals surface area contributed by atoms with Crippen LogP contribution in [0.2, 0.25) is 0 Å². The van der Waals surface area contributed by atoms with Crippen LogP contribution in [-0.2, 0) is 0 Å². The molecule has 0 fully saturated rings. The summed E-state index contributed by atoms with van der Waals surface area (Å²) >= 11 is 0. The van der Waals surface area contributed by atoms with E-state index in [0.29, 0.717) is 0 Å². The molecule has 0 amide bonds. The van der Waals surface area contributed by atoms with Crippen LogP contribution in [0.5, 0.6) is 0 Å². The number of hydrogen-bond donors (Lipinski definition) is 1. The lowest BCUT2D eigenvalue weighted by molar-refractivity contribution is 0.331. The van der Waals surface area contributed by atoms with E-state index in [2.05, 4.69) is 0 Å². The highest BCUT2D eigenvalue weighted by molar-refractivity contribution is 6.00. The average molecular weight is 212 g/mol. The Morgan fingerprint density at radius 3 is 2.12 bits per heavy atom. The molecule has 0 saturated carbocycles. The third-order valence-electron chi connectivity index (χ3n) is 3.17. The van der Waals surface area contributed by atoms with E-state index in [0.717, 1.165) is 5.57 Å². The van der Waals surface area contributed by atoms with Gasteiger partial charge in [-0.25, -0.2) is 0 Å². The summed E-state index contributed by atoms with van der Waals surface area (Å²) in [6, 6.07) is 5.79. The molecule has 80 valence electrons. The Bertz CT molecular complexity index is 477. The van der Waals surface area contributed by atoms with Gasteiger partial charge in [0.2, 0.25) is 0 Å². The maximum absolute atomic E-state index is 9.20. The van der Waals surface area contributed by atoms with E-state index in [1.807, 2.05) is 18.2 Å². The first-order chi connectivity index (χ1) is 7.36. The number of allylic oxidation sites excluding steroid dienone is 2. The van der Waals surface area contributed by atoms with Gasteiger partial charge < -0.3 is 5.41 Å². The molecule has 4 nitrogen and oxygen atoms in total. The van der Waals surface area contributed by atoms with Crippen molar-refractivity contribution < 1.29 is 0 Å². The number of hydrogen-bond acceptors (Lipinski definition) is 4. The monoisotopic (exact) mass is 212 g/mol. The predicted molar refractivity (Wildman–Crippen MR) is 58.0 cm³/mol. The summed E-state index contributed by atoms with van der Waals surface area (Å²) in [5.74, 6) is -0.757. The highest BCUT2D eigenvalue weighted by Crippen LogP contribution is 2.47. The fourth-order valence-corrected chi connectivity index (χ4v) is 2.15. The molecular weight excluding hydrogens is 200 g/mol. The first kappa shape index (κ1) is 12.0. The summed E-state index contributed by atoms with van der Waals surface area (Å²) in [6.45, 7) is 5.24. The van der Waals surface area contributed by atoms with Gasteiger partial charge in [0.1, 0.15) is 5.92 Å². The molecule has 0 radical (unpaired) electrons. The van der Waals surface area contributed by atoms with Crippen molar-refractivity contribution >= 4 is 5.71 Å². The minimum absolute atomic E-state index is 0.106. The van der Waals surface area contributed by atoms with E-state index in [1.54, 1.807) is 26.8 Å². The van der Waals surface area contributed by atoms with E-state index < -0.39 is 16.7 Å². The molecule has 0 bridgehead atoms. The van der Waals surface area contributed by atoms with Crippen LogP contribution in [0, 0.1) is 56.2 Å². The Labute approximate surface area is 94.9 Å². The normalized spacial score (nSPS) is 25.9. The molecule has 0 heterocycles. The average Bonchev–Trinajstić information content (AvgIpc) is 2.18. The molecule has 16 heavy (non-hydrogen) atoms. The molecule has 4 heteroatoms. The van der Waals surface area contributed by atoms with Gasteiger partial charge in [0.25, 0.3) is 0 Å². The Balaban J connectivity index is 3.57. The maximum atomic E-state index is 9.20. The highest BCUT2D eigenvalue weighted by Gasteiger charge is 2.54. The molecule has 1 unspecified atom stereocenters. The van der Waals surface area contributed by atoms with Gasteiger partial charge in [0.15, 0.2) is 5.41 Å². The fourth-order valence-electron chi connectivity index (χ4n) is 2.15. The van der Waals surface area contributed by atoms with Crippen molar-refractivity contribution in [3.8, 4) is 18.2 Å². The standard InChI is InChI=1S/C12H12N4/c1-8-4-11(2,3)12(6-14,7-15)10(16)9(8)5-13/h4,9,16H,1-3H3. The van der Waals surface area contributed by atoms with Crippen molar-refractivity contribution in [3.05, 3.63) is 11.6 Å². The number of rotatable bonds is 0. The molecule has 0 spiro atoms. The summed E-state index contributed by atoms with van der Waals surface area (Å²) in [7, 11) is 0. The van der Waals surface area contributed by atoms with Crippen molar-refractivity contribution in [1.82, 2.24) is 0 Å². The SMILES string of the molecule is CC1=CC(C)(C)C(C#N)(C#N)C(=N)C1C#N. The van der Waals surface area contributed by atoms with Crippen LogP contribution in [-0.4, -0.2) is 5.71 Å². The number of nitriles is 3. The largest absolute Gasteiger partial charge is 0.305 e. The summed E-state index contributed by atoms with van der Waals surface area (Å²) < 4.78 is 0. The van der Waals surface area contributed by atoms with Gasteiger partial charge in [-0.05, 0) is 6.92 Å². The molecule has 1 aliphatic rings. The van der Waals surface area contributed by atoms with Crippen LogP contribution in [0.1, 0.15) is 20.8 Å². The zero-order valence-electron chi connectivity index (χ0n) is 9.50. The Morgan fingerprint density at radius 1 is 1.25 bits per heavy atom. The van der Waals surface area contributed by atoms with E-state index in [4.69, 9.17) is 10.7 Å². The molecule has 0 aliphatic heterocycles. The van der Waals surface area contributed by atoms with Gasteiger partial charge >= 0.3 is 0 Å². The number of nitrogens with one attached hydrogen (secondary N) is 1. The third-order valence-corrected chi connectivity index (χ3v) is 3.17. The molecule has 1 atom stereocenters. The summed E-state index contributed by atoms with van der Waals surface area (Å²) in [6.07, 6.45) is 1.76. The van der Waals surface area contributed by atoms with E-state index in [1.165, 1.54) is 0 Å². The second kappa shape index (κ2) is 3.47. The molecule has 1 N–H and O–H groups in total. The summed E-state index contributed by atoms with van der Waals surface area (Å²) in [4.78, 5) is 0. The highest BCUT2D eigenvalue weighted by atomic mass is 14.6. The lowest BCUT2D eigenvalue weighted by Crippen LogP contribution is -2.47. The second-order valence-electron chi connectivity index (χ2n) is 4.56. The van der Waals surface area contributed by atoms with Gasteiger partial charge in [-0.15, -0.1) is 0 Å². The first-order valence-corrected chi connectivity index (χ1v) is 4.86. The Kier molecular flexibility index (Phi) is 2.59. The van der Waals surface area contributed by atoms with E-state index in [9.17, 15) is 10.5 Å². The first-order valence-electron chi connectivity index (χ1n) is 4.86. The number of nitrogens with zero attached hydrogens (tertiary/aromatic N) is 3. The molecule has 0 saturated heterocycles. The van der Waals surface area contributed by atoms with Crippen molar-refractivity contribution in [2.24, 2.45) is 16.7 Å². The van der Waals surface area contributed by atoms with E-state index in [-0.39, 0.29) is 5.71 Å². The van der Waals surface area contributed by atoms with Gasteiger partial charge in [-0.3, -0.25) is 0 Å². The second-order valence-corrected chi connectivity index (χ2v) is 4.56. The van der Waals surface area contributed by atoms with Gasteiger partial charge in [0.05, 0.1) is 23.9 Å². The molecule has 0 aromatic carbocycles. The van der Waals surface area contributed by atoms with Crippen LogP contribution in [0.15, 0.2) is 11.6 Å². The Morgan fingerprint density at radius 2 is 1.75 bits per heavy atom. The van der Waals surface area contributed by atoms with Gasteiger partial charge in [-0.2, -0.15) is 15.8 Å². The van der Waals surface area contributed by atoms with Crippen molar-refractivity contribution in [2.75, 3.05) is 0 Å². The smallest absolute Gasteiger partial charge is 0.190 e. The molecule has 0 aromatic heterocycles. The summed E-state index contributed by atoms with van der Waals surface area (Å²) in [5, 5.41) is 35.3. The van der Waals surface area contributed by atoms with Crippen LogP contribution < -0.4 is 0 Å². The van der Waals surface area contributed by atoms with Crippen molar-refractivity contribution in [3.63, 3.8) is 0 Å². The minimum atomic E-state index is -1.53. The quantitative estimate of drug-likeness (QED) is 0.623. The zero-order chi connectivity index (χ0) is 12.6. The minimum Gasteiger partial charge on any atom is -0.305 e. The fraction of sp³-hybridized carbons (Fsp3) is 0.500. The van der Waals surface area contributed by atoms with E-state index >= 15 is 0 Å². The molecule has 1 rings (SSSR count).